The lowest BCUT2D eigenvalue weighted by Crippen LogP contribution is -2.46. The summed E-state index contributed by atoms with van der Waals surface area (Å²) in [5, 5.41) is 5.29. The van der Waals surface area contributed by atoms with E-state index < -0.39 is 21.4 Å². The van der Waals surface area contributed by atoms with Crippen LogP contribution in [-0.2, 0) is 40.3 Å². The molecule has 3 aliphatic rings. The number of nitrogens with one attached hydrogen (secondary N) is 2. The van der Waals surface area contributed by atoms with Gasteiger partial charge in [-0.1, -0.05) is 12.1 Å². The Balaban J connectivity index is 1.81. The molecule has 1 unspecified atom stereocenters. The Labute approximate surface area is 231 Å². The molecule has 12 heteroatoms. The number of ether oxygens (including phenoxy) is 3. The van der Waals surface area contributed by atoms with E-state index in [0.29, 0.717) is 57.4 Å². The van der Waals surface area contributed by atoms with Crippen molar-refractivity contribution in [3.8, 4) is 5.75 Å². The Bertz CT molecular complexity index is 1080. The topological polar surface area (TPSA) is 140 Å². The highest BCUT2D eigenvalue weighted by atomic mass is 32.2. The first-order valence-corrected chi connectivity index (χ1v) is 15.1. The van der Waals surface area contributed by atoms with Gasteiger partial charge in [-0.3, -0.25) is 14.4 Å². The maximum absolute atomic E-state index is 13.2. The molecule has 1 saturated carbocycles. The van der Waals surface area contributed by atoms with E-state index in [4.69, 9.17) is 14.2 Å². The second-order valence-corrected chi connectivity index (χ2v) is 12.3. The SMILES string of the molecule is CCOC(=O)C1(CCOC)CNC(=O)CCCN(S(=O)(=O)C2CC2)CCCNC(=O)COc2ccc(cc2)C1. The number of rotatable bonds is 7. The zero-order chi connectivity index (χ0) is 28.3. The van der Waals surface area contributed by atoms with Crippen LogP contribution < -0.4 is 15.4 Å². The summed E-state index contributed by atoms with van der Waals surface area (Å²) in [6.45, 7) is 2.88. The fraction of sp³-hybridized carbons (Fsp3) is 0.667. The van der Waals surface area contributed by atoms with Crippen molar-refractivity contribution in [2.24, 2.45) is 5.41 Å². The zero-order valence-corrected chi connectivity index (χ0v) is 23.7. The molecule has 218 valence electrons. The van der Waals surface area contributed by atoms with E-state index in [-0.39, 0.29) is 56.3 Å². The van der Waals surface area contributed by atoms with Gasteiger partial charge in [0.2, 0.25) is 15.9 Å². The third-order valence-electron chi connectivity index (χ3n) is 6.98. The number of carbonyl (C=O) groups is 3. The molecule has 0 saturated heterocycles. The van der Waals surface area contributed by atoms with E-state index in [2.05, 4.69) is 10.6 Å². The fourth-order valence-corrected chi connectivity index (χ4v) is 6.48. The fourth-order valence-electron chi connectivity index (χ4n) is 4.56. The lowest BCUT2D eigenvalue weighted by atomic mass is 9.78. The molecule has 11 nitrogen and oxygen atoms in total. The molecule has 0 spiro atoms. The van der Waals surface area contributed by atoms with Crippen molar-refractivity contribution in [1.29, 1.82) is 0 Å². The molecular formula is C27H41N3O8S. The van der Waals surface area contributed by atoms with Crippen molar-refractivity contribution < 1.29 is 37.0 Å². The summed E-state index contributed by atoms with van der Waals surface area (Å²) in [4.78, 5) is 38.3. The van der Waals surface area contributed by atoms with Crippen LogP contribution in [0.3, 0.4) is 0 Å². The van der Waals surface area contributed by atoms with Gasteiger partial charge in [-0.2, -0.15) is 0 Å². The molecule has 2 bridgehead atoms. The van der Waals surface area contributed by atoms with Gasteiger partial charge >= 0.3 is 5.97 Å². The van der Waals surface area contributed by atoms with E-state index in [9.17, 15) is 22.8 Å². The quantitative estimate of drug-likeness (QED) is 0.472. The molecule has 1 aromatic rings. The number of methoxy groups -OCH3 is 1. The van der Waals surface area contributed by atoms with Gasteiger partial charge in [0.25, 0.3) is 5.91 Å². The summed E-state index contributed by atoms with van der Waals surface area (Å²) in [5.41, 5.74) is -0.230. The number of hydrogen-bond donors (Lipinski definition) is 2. The Hall–Kier alpha value is -2.70. The van der Waals surface area contributed by atoms with E-state index in [1.54, 1.807) is 26.2 Å². The molecule has 1 aliphatic carbocycles. The average molecular weight is 568 g/mol. The molecule has 2 heterocycles. The number of amides is 2. The second-order valence-electron chi connectivity index (χ2n) is 10.1. The summed E-state index contributed by atoms with van der Waals surface area (Å²) < 4.78 is 43.6. The monoisotopic (exact) mass is 567 g/mol. The molecule has 1 fully saturated rings. The predicted molar refractivity (Wildman–Crippen MR) is 145 cm³/mol. The van der Waals surface area contributed by atoms with Crippen LogP contribution in [0, 0.1) is 5.41 Å². The number of nitrogens with zero attached hydrogens (tertiary/aromatic N) is 1. The Morgan fingerprint density at radius 1 is 1.10 bits per heavy atom. The summed E-state index contributed by atoms with van der Waals surface area (Å²) in [6.07, 6.45) is 2.81. The molecular weight excluding hydrogens is 526 g/mol. The first-order valence-electron chi connectivity index (χ1n) is 13.6. The highest BCUT2D eigenvalue weighted by molar-refractivity contribution is 7.90. The maximum atomic E-state index is 13.2. The van der Waals surface area contributed by atoms with Gasteiger partial charge in [0.05, 0.1) is 17.3 Å². The number of esters is 1. The lowest BCUT2D eigenvalue weighted by molar-refractivity contribution is -0.156. The van der Waals surface area contributed by atoms with E-state index >= 15 is 0 Å². The normalized spacial score (nSPS) is 22.8. The van der Waals surface area contributed by atoms with Crippen molar-refractivity contribution >= 4 is 27.8 Å². The second kappa shape index (κ2) is 14.6. The van der Waals surface area contributed by atoms with Crippen LogP contribution in [0.15, 0.2) is 24.3 Å². The minimum absolute atomic E-state index is 0.0521. The van der Waals surface area contributed by atoms with E-state index in [1.807, 2.05) is 12.1 Å². The first kappa shape index (κ1) is 30.8. The Morgan fingerprint density at radius 3 is 2.49 bits per heavy atom. The minimum Gasteiger partial charge on any atom is -0.484 e. The van der Waals surface area contributed by atoms with Crippen molar-refractivity contribution in [3.63, 3.8) is 0 Å². The Kier molecular flexibility index (Phi) is 11.6. The van der Waals surface area contributed by atoms with E-state index in [0.717, 1.165) is 5.56 Å². The van der Waals surface area contributed by atoms with Gasteiger partial charge in [0, 0.05) is 46.3 Å². The van der Waals surface area contributed by atoms with E-state index in [1.165, 1.54) is 4.31 Å². The van der Waals surface area contributed by atoms with Gasteiger partial charge in [-0.25, -0.2) is 12.7 Å². The molecule has 0 aromatic heterocycles. The molecule has 1 aromatic carbocycles. The molecule has 4 rings (SSSR count). The minimum atomic E-state index is -3.44. The molecule has 2 amide bonds. The first-order chi connectivity index (χ1) is 18.7. The van der Waals surface area contributed by atoms with Gasteiger partial charge in [-0.05, 0) is 63.1 Å². The average Bonchev–Trinajstić information content (AvgIpc) is 3.77. The number of hydrogen-bond acceptors (Lipinski definition) is 8. The molecule has 0 radical (unpaired) electrons. The molecule has 1 atom stereocenters. The predicted octanol–water partition coefficient (Wildman–Crippen LogP) is 1.40. The number of fused-ring (bicyclic) bond motifs is 17. The van der Waals surface area contributed by atoms with Gasteiger partial charge in [0.1, 0.15) is 5.75 Å². The number of carbonyl (C=O) groups excluding carboxylic acids is 3. The third kappa shape index (κ3) is 9.18. The van der Waals surface area contributed by atoms with Crippen LogP contribution >= 0.6 is 0 Å². The van der Waals surface area contributed by atoms with Crippen LogP contribution in [-0.4, -0.2) is 88.9 Å². The summed E-state index contributed by atoms with van der Waals surface area (Å²) in [6, 6.07) is 7.10. The third-order valence-corrected chi connectivity index (χ3v) is 9.38. The van der Waals surface area contributed by atoms with Crippen molar-refractivity contribution in [2.75, 3.05) is 53.1 Å². The van der Waals surface area contributed by atoms with Gasteiger partial charge in [-0.15, -0.1) is 0 Å². The summed E-state index contributed by atoms with van der Waals surface area (Å²) >= 11 is 0. The van der Waals surface area contributed by atoms with Crippen LogP contribution in [0.5, 0.6) is 5.75 Å². The zero-order valence-electron chi connectivity index (χ0n) is 22.9. The van der Waals surface area contributed by atoms with Crippen molar-refractivity contribution in [3.05, 3.63) is 29.8 Å². The molecule has 39 heavy (non-hydrogen) atoms. The van der Waals surface area contributed by atoms with Crippen molar-refractivity contribution in [1.82, 2.24) is 14.9 Å². The highest BCUT2D eigenvalue weighted by Crippen LogP contribution is 2.32. The number of benzene rings is 1. The molecule has 2 aliphatic heterocycles. The number of sulfonamides is 1. The van der Waals surface area contributed by atoms with Crippen LogP contribution in [0.25, 0.3) is 0 Å². The molecule has 2 N–H and O–H groups in total. The van der Waals surface area contributed by atoms with Crippen LogP contribution in [0.1, 0.15) is 51.0 Å². The smallest absolute Gasteiger partial charge is 0.314 e. The van der Waals surface area contributed by atoms with Crippen LogP contribution in [0.4, 0.5) is 0 Å². The summed E-state index contributed by atoms with van der Waals surface area (Å²) in [5.74, 6) is -0.502. The largest absolute Gasteiger partial charge is 0.484 e. The highest BCUT2D eigenvalue weighted by Gasteiger charge is 2.41. The van der Waals surface area contributed by atoms with Crippen molar-refractivity contribution in [2.45, 2.75) is 57.1 Å². The lowest BCUT2D eigenvalue weighted by Gasteiger charge is -2.32. The Morgan fingerprint density at radius 2 is 1.82 bits per heavy atom. The standard InChI is InChI=1S/C27H41N3O8S/c1-3-37-26(33)27(13-17-36-2)18-21-7-9-22(10-8-21)38-19-25(32)28-14-5-16-30(39(34,35)23-11-12-23)15-4-6-24(31)29-20-27/h7-10,23H,3-6,11-20H2,1-2H3,(H,28,32)(H,29,31). The summed E-state index contributed by atoms with van der Waals surface area (Å²) in [7, 11) is -1.89. The van der Waals surface area contributed by atoms with Gasteiger partial charge in [0.15, 0.2) is 6.61 Å². The van der Waals surface area contributed by atoms with Crippen LogP contribution in [0.2, 0.25) is 0 Å². The van der Waals surface area contributed by atoms with Gasteiger partial charge < -0.3 is 24.8 Å². The maximum Gasteiger partial charge on any atom is 0.314 e.